The summed E-state index contributed by atoms with van der Waals surface area (Å²) in [7, 11) is 0. The highest BCUT2D eigenvalue weighted by molar-refractivity contribution is 6.31. The van der Waals surface area contributed by atoms with Crippen molar-refractivity contribution in [2.45, 2.75) is 46.3 Å². The molecule has 1 aliphatic rings. The van der Waals surface area contributed by atoms with Crippen LogP contribution in [-0.4, -0.2) is 34.5 Å². The number of aromatic nitrogens is 7. The average Bonchev–Trinajstić information content (AvgIpc) is 3.55. The predicted octanol–water partition coefficient (Wildman–Crippen LogP) is 5.67. The Kier molecular flexibility index (Phi) is 5.74. The number of hydrogen-bond donors (Lipinski definition) is 1. The van der Waals surface area contributed by atoms with Crippen LogP contribution in [0.1, 0.15) is 35.5 Å². The van der Waals surface area contributed by atoms with E-state index in [9.17, 15) is 13.2 Å². The lowest BCUT2D eigenvalue weighted by atomic mass is 10.1. The molecule has 5 rings (SSSR count). The van der Waals surface area contributed by atoms with Crippen molar-refractivity contribution in [2.75, 3.05) is 5.32 Å². The molecule has 1 aliphatic carbocycles. The van der Waals surface area contributed by atoms with Crippen molar-refractivity contribution in [1.82, 2.24) is 34.5 Å². The molecule has 182 valence electrons. The van der Waals surface area contributed by atoms with Crippen LogP contribution in [0, 0.1) is 26.7 Å². The number of aryl methyl sites for hydroxylation is 1. The number of nitrogens with zero attached hydrogens (tertiary/aromatic N) is 7. The molecule has 1 fully saturated rings. The van der Waals surface area contributed by atoms with Gasteiger partial charge in [-0.2, -0.15) is 23.4 Å². The minimum absolute atomic E-state index is 0.508. The van der Waals surface area contributed by atoms with Gasteiger partial charge < -0.3 is 5.32 Å². The molecule has 4 heterocycles. The lowest BCUT2D eigenvalue weighted by Gasteiger charge is -2.11. The van der Waals surface area contributed by atoms with Crippen LogP contribution in [0.4, 0.5) is 24.8 Å². The molecule has 35 heavy (non-hydrogen) atoms. The topological polar surface area (TPSA) is 86.3 Å². The molecule has 12 heteroatoms. The number of pyridine rings is 1. The van der Waals surface area contributed by atoms with Gasteiger partial charge in [-0.3, -0.25) is 4.98 Å². The van der Waals surface area contributed by atoms with Gasteiger partial charge in [0.2, 0.25) is 0 Å². The second kappa shape index (κ2) is 8.63. The number of rotatable bonds is 6. The second-order valence-electron chi connectivity index (χ2n) is 8.66. The number of alkyl halides is 3. The van der Waals surface area contributed by atoms with Gasteiger partial charge in [0.25, 0.3) is 0 Å². The molecule has 4 aromatic rings. The van der Waals surface area contributed by atoms with E-state index in [1.54, 1.807) is 10.7 Å². The van der Waals surface area contributed by atoms with Crippen LogP contribution in [0.3, 0.4) is 0 Å². The fourth-order valence-electron chi connectivity index (χ4n) is 3.86. The zero-order valence-corrected chi connectivity index (χ0v) is 20.0. The Hall–Kier alpha value is -3.47. The van der Waals surface area contributed by atoms with Gasteiger partial charge in [0, 0.05) is 29.9 Å². The smallest absolute Gasteiger partial charge is 0.325 e. The van der Waals surface area contributed by atoms with Crippen molar-refractivity contribution in [3.05, 3.63) is 58.4 Å². The summed E-state index contributed by atoms with van der Waals surface area (Å²) < 4.78 is 42.3. The molecular formula is C23H22ClF3N8. The largest absolute Gasteiger partial charge is 0.433 e. The minimum Gasteiger partial charge on any atom is -0.325 e. The number of anilines is 2. The predicted molar refractivity (Wildman–Crippen MR) is 125 cm³/mol. The van der Waals surface area contributed by atoms with Crippen LogP contribution in [0.25, 0.3) is 17.1 Å². The van der Waals surface area contributed by atoms with Gasteiger partial charge in [-0.15, -0.1) is 0 Å². The summed E-state index contributed by atoms with van der Waals surface area (Å²) in [5.74, 6) is 2.30. The maximum Gasteiger partial charge on any atom is 0.433 e. The summed E-state index contributed by atoms with van der Waals surface area (Å²) in [4.78, 5) is 12.3. The van der Waals surface area contributed by atoms with E-state index < -0.39 is 11.9 Å². The Morgan fingerprint density at radius 3 is 2.46 bits per heavy atom. The third-order valence-electron chi connectivity index (χ3n) is 5.96. The molecule has 0 aromatic carbocycles. The molecule has 0 atom stereocenters. The standard InChI is InChI=1S/C23H22ClF3N8/c1-12-21(16-6-7-17(28-9-16)23(25,26)27)33-34(10-15-4-5-15)22(12)31-18-8-19(30-11-29-18)35-14(3)20(24)13(2)32-35/h6-9,11,15H,4-5,10H2,1-3H3,(H,29,30,31). The van der Waals surface area contributed by atoms with Gasteiger partial charge in [-0.1, -0.05) is 11.6 Å². The minimum atomic E-state index is -4.49. The van der Waals surface area contributed by atoms with Crippen LogP contribution in [0.15, 0.2) is 30.7 Å². The Bertz CT molecular complexity index is 1390. The van der Waals surface area contributed by atoms with E-state index in [4.69, 9.17) is 16.7 Å². The second-order valence-corrected chi connectivity index (χ2v) is 9.04. The quantitative estimate of drug-likeness (QED) is 0.365. The highest BCUT2D eigenvalue weighted by Crippen LogP contribution is 2.36. The van der Waals surface area contributed by atoms with E-state index >= 15 is 0 Å². The van der Waals surface area contributed by atoms with E-state index in [2.05, 4.69) is 25.4 Å². The molecular weight excluding hydrogens is 481 g/mol. The molecule has 0 bridgehead atoms. The fourth-order valence-corrected chi connectivity index (χ4v) is 3.98. The SMILES string of the molecule is Cc1nn(-c2cc(Nc3c(C)c(-c4ccc(C(F)(F)F)nc4)nn3CC3CC3)ncn2)c(C)c1Cl. The summed E-state index contributed by atoms with van der Waals surface area (Å²) in [6, 6.07) is 4.12. The van der Waals surface area contributed by atoms with E-state index in [1.165, 1.54) is 18.6 Å². The molecule has 0 unspecified atom stereocenters. The van der Waals surface area contributed by atoms with Crippen LogP contribution in [0.5, 0.6) is 0 Å². The Morgan fingerprint density at radius 1 is 1.09 bits per heavy atom. The van der Waals surface area contributed by atoms with Gasteiger partial charge in [-0.25, -0.2) is 19.3 Å². The molecule has 0 radical (unpaired) electrons. The van der Waals surface area contributed by atoms with Gasteiger partial charge in [0.05, 0.1) is 22.1 Å². The highest BCUT2D eigenvalue weighted by Gasteiger charge is 2.32. The first-order valence-electron chi connectivity index (χ1n) is 11.0. The number of nitrogens with one attached hydrogen (secondary N) is 1. The third-order valence-corrected chi connectivity index (χ3v) is 6.51. The summed E-state index contributed by atoms with van der Waals surface area (Å²) in [6.45, 7) is 6.25. The molecule has 0 amide bonds. The molecule has 4 aromatic heterocycles. The zero-order chi connectivity index (χ0) is 24.9. The van der Waals surface area contributed by atoms with Crippen molar-refractivity contribution in [3.8, 4) is 17.1 Å². The molecule has 1 saturated carbocycles. The lowest BCUT2D eigenvalue weighted by Crippen LogP contribution is -2.09. The number of hydrogen-bond acceptors (Lipinski definition) is 6. The average molecular weight is 503 g/mol. The fraction of sp³-hybridized carbons (Fsp3) is 0.348. The third kappa shape index (κ3) is 4.60. The number of halogens is 4. The molecule has 0 aliphatic heterocycles. The monoisotopic (exact) mass is 502 g/mol. The normalized spacial score (nSPS) is 13.9. The van der Waals surface area contributed by atoms with E-state index in [1.807, 2.05) is 25.5 Å². The van der Waals surface area contributed by atoms with Crippen molar-refractivity contribution in [2.24, 2.45) is 5.92 Å². The maximum absolute atomic E-state index is 12.9. The summed E-state index contributed by atoms with van der Waals surface area (Å²) in [6.07, 6.45) is 0.377. The summed E-state index contributed by atoms with van der Waals surface area (Å²) in [5.41, 5.74) is 2.38. The maximum atomic E-state index is 12.9. The van der Waals surface area contributed by atoms with Crippen molar-refractivity contribution in [3.63, 3.8) is 0 Å². The highest BCUT2D eigenvalue weighted by atomic mass is 35.5. The summed E-state index contributed by atoms with van der Waals surface area (Å²) in [5, 5.41) is 13.1. The van der Waals surface area contributed by atoms with Gasteiger partial charge in [0.1, 0.15) is 23.7 Å². The van der Waals surface area contributed by atoms with Crippen molar-refractivity contribution < 1.29 is 13.2 Å². The van der Waals surface area contributed by atoms with E-state index in [0.717, 1.165) is 30.2 Å². The molecule has 1 N–H and O–H groups in total. The first-order valence-corrected chi connectivity index (χ1v) is 11.4. The van der Waals surface area contributed by atoms with Gasteiger partial charge in [-0.05, 0) is 51.7 Å². The van der Waals surface area contributed by atoms with Gasteiger partial charge >= 0.3 is 6.18 Å². The van der Waals surface area contributed by atoms with E-state index in [0.29, 0.717) is 51.9 Å². The van der Waals surface area contributed by atoms with Crippen LogP contribution in [-0.2, 0) is 12.7 Å². The Labute approximate surface area is 204 Å². The Morgan fingerprint density at radius 2 is 1.86 bits per heavy atom. The van der Waals surface area contributed by atoms with Crippen LogP contribution < -0.4 is 5.32 Å². The first kappa shape index (κ1) is 23.3. The van der Waals surface area contributed by atoms with Gasteiger partial charge in [0.15, 0.2) is 5.82 Å². The zero-order valence-electron chi connectivity index (χ0n) is 19.2. The molecule has 8 nitrogen and oxygen atoms in total. The van der Waals surface area contributed by atoms with Crippen LogP contribution >= 0.6 is 11.6 Å². The summed E-state index contributed by atoms with van der Waals surface area (Å²) >= 11 is 6.29. The lowest BCUT2D eigenvalue weighted by molar-refractivity contribution is -0.141. The van der Waals surface area contributed by atoms with Crippen molar-refractivity contribution in [1.29, 1.82) is 0 Å². The Balaban J connectivity index is 1.50. The molecule has 0 spiro atoms. The first-order chi connectivity index (χ1) is 16.6. The van der Waals surface area contributed by atoms with Crippen LogP contribution in [0.2, 0.25) is 5.02 Å². The molecule has 0 saturated heterocycles. The van der Waals surface area contributed by atoms with Crippen molar-refractivity contribution >= 4 is 23.2 Å². The van der Waals surface area contributed by atoms with E-state index in [-0.39, 0.29) is 0 Å².